The van der Waals surface area contributed by atoms with Crippen molar-refractivity contribution in [3.63, 3.8) is 0 Å². The summed E-state index contributed by atoms with van der Waals surface area (Å²) in [6, 6.07) is 2.25. The Morgan fingerprint density at radius 1 is 1.02 bits per heavy atom. The largest absolute Gasteiger partial charge is 0.465 e. The summed E-state index contributed by atoms with van der Waals surface area (Å²) in [5.41, 5.74) is 0.236. The van der Waals surface area contributed by atoms with E-state index in [-0.39, 0.29) is 47.4 Å². The molecule has 0 amide bonds. The highest BCUT2D eigenvalue weighted by atomic mass is 32.2. The molecule has 11 atom stereocenters. The summed E-state index contributed by atoms with van der Waals surface area (Å²) >= 11 is 0. The number of ether oxygens (including phenoxy) is 1. The van der Waals surface area contributed by atoms with Gasteiger partial charge >= 0.3 is 5.97 Å². The van der Waals surface area contributed by atoms with Crippen LogP contribution >= 0.6 is 0 Å². The molecule has 4 aliphatic rings. The van der Waals surface area contributed by atoms with Crippen LogP contribution < -0.4 is 0 Å². The normalized spacial score (nSPS) is 40.5. The minimum absolute atomic E-state index is 0.0806. The zero-order valence-corrected chi connectivity index (χ0v) is 26.2. The molecule has 236 valence electrons. The molecule has 0 unspecified atom stereocenters. The van der Waals surface area contributed by atoms with Gasteiger partial charge in [0, 0.05) is 0 Å². The van der Waals surface area contributed by atoms with Crippen molar-refractivity contribution in [2.45, 2.75) is 103 Å². The lowest BCUT2D eigenvalue weighted by Gasteiger charge is -2.64. The Hall–Kier alpha value is -1.58. The summed E-state index contributed by atoms with van der Waals surface area (Å²) in [5.74, 6) is -1.85. The van der Waals surface area contributed by atoms with E-state index in [1.165, 1.54) is 0 Å². The fourth-order valence-corrected chi connectivity index (χ4v) is 11.6. The molecular weight excluding hydrogens is 562 g/mol. The van der Waals surface area contributed by atoms with E-state index in [1.54, 1.807) is 0 Å². The molecule has 4 saturated carbocycles. The van der Waals surface area contributed by atoms with Gasteiger partial charge in [-0.2, -0.15) is 0 Å². The van der Waals surface area contributed by atoms with Gasteiger partial charge in [-0.15, -0.1) is 0 Å². The van der Waals surface area contributed by atoms with E-state index < -0.39 is 38.1 Å². The third-order valence-corrected chi connectivity index (χ3v) is 14.1. The minimum atomic E-state index is -4.15. The molecule has 4 aliphatic carbocycles. The van der Waals surface area contributed by atoms with E-state index in [4.69, 9.17) is 4.74 Å². The third-order valence-electron chi connectivity index (χ3n) is 12.5. The summed E-state index contributed by atoms with van der Waals surface area (Å²) in [4.78, 5) is 11.9. The first-order chi connectivity index (χ1) is 19.7. The highest BCUT2D eigenvalue weighted by Gasteiger charge is 2.64. The molecule has 0 radical (unpaired) electrons. The second kappa shape index (κ2) is 11.7. The van der Waals surface area contributed by atoms with Crippen molar-refractivity contribution in [1.82, 2.24) is 0 Å². The first-order valence-electron chi connectivity index (χ1n) is 15.9. The summed E-state index contributed by atoms with van der Waals surface area (Å²) in [7, 11) is -4.15. The van der Waals surface area contributed by atoms with Gasteiger partial charge in [0.1, 0.15) is 0 Å². The summed E-state index contributed by atoms with van der Waals surface area (Å²) in [6.45, 7) is 9.30. The lowest BCUT2D eigenvalue weighted by atomic mass is 9.41. The first kappa shape index (κ1) is 31.8. The van der Waals surface area contributed by atoms with Crippen LogP contribution in [0.25, 0.3) is 0 Å². The topological polar surface area (TPSA) is 101 Å². The predicted octanol–water partition coefficient (Wildman–Crippen LogP) is 5.93. The molecule has 6 nitrogen and oxygen atoms in total. The fourth-order valence-electron chi connectivity index (χ4n) is 10.4. The molecule has 4 fully saturated rings. The lowest BCUT2D eigenvalue weighted by molar-refractivity contribution is -0.203. The molecule has 0 saturated heterocycles. The average molecular weight is 611 g/mol. The molecule has 1 aromatic rings. The smallest absolute Gasteiger partial charge is 0.321 e. The van der Waals surface area contributed by atoms with Crippen LogP contribution in [0, 0.1) is 63.9 Å². The van der Waals surface area contributed by atoms with Gasteiger partial charge in [0.2, 0.25) is 0 Å². The molecule has 9 heteroatoms. The number of rotatable bonds is 8. The minimum Gasteiger partial charge on any atom is -0.465 e. The van der Waals surface area contributed by atoms with Gasteiger partial charge in [-0.3, -0.25) is 4.79 Å². The molecule has 0 aromatic heterocycles. The molecular formula is C33H48F2O6S. The number of hydrogen-bond donors (Lipinski definition) is 2. The number of carbonyl (C=O) groups is 1. The van der Waals surface area contributed by atoms with Crippen LogP contribution in [0.2, 0.25) is 0 Å². The highest BCUT2D eigenvalue weighted by molar-refractivity contribution is 7.92. The quantitative estimate of drug-likeness (QED) is 0.279. The Morgan fingerprint density at radius 2 is 1.71 bits per heavy atom. The number of fused-ring (bicyclic) bond motifs is 5. The number of halogens is 2. The van der Waals surface area contributed by atoms with Crippen molar-refractivity contribution in [2.24, 2.45) is 52.3 Å². The molecule has 0 heterocycles. The number of aliphatic hydroxyl groups excluding tert-OH is 2. The van der Waals surface area contributed by atoms with Crippen molar-refractivity contribution >= 4 is 15.8 Å². The van der Waals surface area contributed by atoms with Crippen LogP contribution in [0.3, 0.4) is 0 Å². The van der Waals surface area contributed by atoms with Gasteiger partial charge in [-0.25, -0.2) is 17.2 Å². The van der Waals surface area contributed by atoms with Crippen LogP contribution in [0.5, 0.6) is 0 Å². The number of esters is 1. The third kappa shape index (κ3) is 5.44. The van der Waals surface area contributed by atoms with Crippen molar-refractivity contribution in [3.8, 4) is 0 Å². The average Bonchev–Trinajstić information content (AvgIpc) is 3.28. The first-order valence-corrected chi connectivity index (χ1v) is 17.6. The van der Waals surface area contributed by atoms with E-state index >= 15 is 0 Å². The van der Waals surface area contributed by atoms with E-state index in [1.807, 2.05) is 0 Å². The zero-order chi connectivity index (χ0) is 30.6. The predicted molar refractivity (Wildman–Crippen MR) is 155 cm³/mol. The van der Waals surface area contributed by atoms with E-state index in [0.29, 0.717) is 36.2 Å². The van der Waals surface area contributed by atoms with Crippen molar-refractivity contribution in [3.05, 3.63) is 29.8 Å². The molecule has 42 heavy (non-hydrogen) atoms. The van der Waals surface area contributed by atoms with Gasteiger partial charge in [0.05, 0.1) is 23.7 Å². The molecule has 2 N–H and O–H groups in total. The number of benzene rings is 1. The maximum atomic E-state index is 13.5. The van der Waals surface area contributed by atoms with Crippen LogP contribution in [-0.2, 0) is 19.4 Å². The number of carbonyl (C=O) groups excluding carboxylic acids is 1. The van der Waals surface area contributed by atoms with Crippen LogP contribution in [0.15, 0.2) is 23.1 Å². The summed E-state index contributed by atoms with van der Waals surface area (Å²) < 4.78 is 57.0. The van der Waals surface area contributed by atoms with Crippen molar-refractivity contribution < 1.29 is 36.9 Å². The maximum Gasteiger partial charge on any atom is 0.321 e. The lowest BCUT2D eigenvalue weighted by Crippen LogP contribution is -2.62. The number of aliphatic hydroxyl groups is 2. The Kier molecular flexibility index (Phi) is 8.89. The van der Waals surface area contributed by atoms with Gasteiger partial charge in [-0.1, -0.05) is 34.1 Å². The highest BCUT2D eigenvalue weighted by Crippen LogP contribution is 2.69. The second-order valence-electron chi connectivity index (χ2n) is 14.4. The van der Waals surface area contributed by atoms with E-state index in [9.17, 15) is 32.2 Å². The van der Waals surface area contributed by atoms with E-state index in [0.717, 1.165) is 63.5 Å². The van der Waals surface area contributed by atoms with Crippen molar-refractivity contribution in [1.29, 1.82) is 0 Å². The Balaban J connectivity index is 1.21. The van der Waals surface area contributed by atoms with Crippen LogP contribution in [0.1, 0.15) is 85.5 Å². The van der Waals surface area contributed by atoms with Gasteiger partial charge in [-0.05, 0) is 122 Å². The summed E-state index contributed by atoms with van der Waals surface area (Å²) in [5, 5.41) is 22.4. The molecule has 0 bridgehead atoms. The van der Waals surface area contributed by atoms with Gasteiger partial charge in [0.15, 0.2) is 27.2 Å². The Labute approximate surface area is 249 Å². The molecule has 0 aliphatic heterocycles. The molecule has 1 aromatic carbocycles. The van der Waals surface area contributed by atoms with Crippen LogP contribution in [-0.4, -0.2) is 49.2 Å². The maximum absolute atomic E-state index is 13.5. The SMILES string of the molecule is CC[C@H]1[C@@H](O)[C@@H]2[C@H](CC[C@]3(C)[C@@H]([C@H](C)CCOC(=O)CS(=O)(=O)c4ccc(F)c(F)c4)CC[C@@H]23)[C@@]2(C)CC[C@@H](O)C[C@@H]12. The zero-order valence-electron chi connectivity index (χ0n) is 25.4. The molecule has 5 rings (SSSR count). The second-order valence-corrected chi connectivity index (χ2v) is 16.4. The molecule has 0 spiro atoms. The Morgan fingerprint density at radius 3 is 2.40 bits per heavy atom. The summed E-state index contributed by atoms with van der Waals surface area (Å²) in [6.07, 6.45) is 7.96. The monoisotopic (exact) mass is 610 g/mol. The van der Waals surface area contributed by atoms with E-state index in [2.05, 4.69) is 27.7 Å². The van der Waals surface area contributed by atoms with Gasteiger partial charge < -0.3 is 14.9 Å². The number of hydrogen-bond acceptors (Lipinski definition) is 6. The van der Waals surface area contributed by atoms with Gasteiger partial charge in [0.25, 0.3) is 0 Å². The standard InChI is InChI=1S/C33H48F2O6S/c1-5-22-26-16-20(36)10-13-33(26,4)25-11-14-32(3)23(7-8-24(32)30(25)31(22)38)19(2)12-15-41-29(37)18-42(39,40)21-6-9-27(34)28(35)17-21/h6,9,17,19-20,22-26,30-31,36,38H,5,7-8,10-16,18H2,1-4H3/t19-,20-,22-,23-,24+,25+,26+,30+,31-,32-,33-/m1/s1. The van der Waals surface area contributed by atoms with Crippen molar-refractivity contribution in [2.75, 3.05) is 12.4 Å². The fraction of sp³-hybridized carbons (Fsp3) is 0.788. The van der Waals surface area contributed by atoms with Crippen LogP contribution in [0.4, 0.5) is 8.78 Å². The Bertz CT molecular complexity index is 1270. The number of sulfone groups is 1.